The molecule has 0 radical (unpaired) electrons. The second-order valence-electron chi connectivity index (χ2n) is 4.37. The maximum absolute atomic E-state index is 11.9. The van der Waals surface area contributed by atoms with E-state index in [2.05, 4.69) is 25.7 Å². The average Bonchev–Trinajstić information content (AvgIpc) is 2.34. The predicted octanol–water partition coefficient (Wildman–Crippen LogP) is 2.85. The highest BCUT2D eigenvalue weighted by molar-refractivity contribution is 5.92. The third-order valence-corrected chi connectivity index (χ3v) is 2.87. The van der Waals surface area contributed by atoms with Crippen molar-refractivity contribution in [3.63, 3.8) is 0 Å². The van der Waals surface area contributed by atoms with E-state index < -0.39 is 0 Å². The molecule has 17 heavy (non-hydrogen) atoms. The summed E-state index contributed by atoms with van der Waals surface area (Å²) in [6.45, 7) is 7.74. The number of nitrogens with one attached hydrogen (secondary N) is 1. The summed E-state index contributed by atoms with van der Waals surface area (Å²) in [5.74, 6) is -0.0167. The van der Waals surface area contributed by atoms with E-state index in [0.717, 1.165) is 25.7 Å². The molecule has 0 fully saturated rings. The molecule has 0 aromatic heterocycles. The zero-order valence-electron chi connectivity index (χ0n) is 11.1. The summed E-state index contributed by atoms with van der Waals surface area (Å²) in [6, 6.07) is 0. The van der Waals surface area contributed by atoms with Gasteiger partial charge in [-0.2, -0.15) is 0 Å². The molecule has 1 atom stereocenters. The summed E-state index contributed by atoms with van der Waals surface area (Å²) in [6.07, 6.45) is 7.52. The Morgan fingerprint density at radius 1 is 1.18 bits per heavy atom. The molecule has 0 bridgehead atoms. The van der Waals surface area contributed by atoms with Crippen LogP contribution in [-0.4, -0.2) is 18.2 Å². The summed E-state index contributed by atoms with van der Waals surface area (Å²) in [5.41, 5.74) is 0. The largest absolute Gasteiger partial charge is 0.345 e. The molecule has 1 unspecified atom stereocenters. The molecule has 0 heterocycles. The van der Waals surface area contributed by atoms with Crippen LogP contribution in [0.1, 0.15) is 52.4 Å². The molecular weight excluding hydrogens is 214 g/mol. The Balaban J connectivity index is 4.04. The van der Waals surface area contributed by atoms with Crippen LogP contribution in [0.5, 0.6) is 0 Å². The molecule has 1 N–H and O–H groups in total. The molecule has 1 amide bonds. The van der Waals surface area contributed by atoms with Crippen molar-refractivity contribution >= 4 is 11.7 Å². The number of ketones is 1. The first kappa shape index (κ1) is 15.9. The molecule has 0 saturated carbocycles. The lowest BCUT2D eigenvalue weighted by Gasteiger charge is -2.14. The van der Waals surface area contributed by atoms with Crippen molar-refractivity contribution in [1.82, 2.24) is 5.32 Å². The van der Waals surface area contributed by atoms with Gasteiger partial charge < -0.3 is 5.32 Å². The van der Waals surface area contributed by atoms with Gasteiger partial charge in [-0.25, -0.2) is 0 Å². The van der Waals surface area contributed by atoms with Crippen molar-refractivity contribution in [2.75, 3.05) is 6.54 Å². The van der Waals surface area contributed by atoms with Crippen LogP contribution in [-0.2, 0) is 9.59 Å². The van der Waals surface area contributed by atoms with Gasteiger partial charge in [0.25, 0.3) is 0 Å². The highest BCUT2D eigenvalue weighted by Gasteiger charge is 2.16. The van der Waals surface area contributed by atoms with Crippen molar-refractivity contribution in [1.29, 1.82) is 0 Å². The molecule has 98 valence electrons. The van der Waals surface area contributed by atoms with Gasteiger partial charge in [0, 0.05) is 5.92 Å². The first-order valence-electron chi connectivity index (χ1n) is 6.58. The number of carbonyl (C=O) groups is 2. The SMILES string of the molecule is C=CC(=O)NCC(=O)C(CCC)CCCCC. The number of carbonyl (C=O) groups excluding carboxylic acids is 2. The zero-order chi connectivity index (χ0) is 13.1. The highest BCUT2D eigenvalue weighted by atomic mass is 16.2. The van der Waals surface area contributed by atoms with E-state index in [9.17, 15) is 9.59 Å². The Morgan fingerprint density at radius 2 is 1.88 bits per heavy atom. The average molecular weight is 239 g/mol. The van der Waals surface area contributed by atoms with E-state index in [1.54, 1.807) is 0 Å². The van der Waals surface area contributed by atoms with Gasteiger partial charge >= 0.3 is 0 Å². The minimum absolute atomic E-state index is 0.108. The van der Waals surface area contributed by atoms with Crippen molar-refractivity contribution in [2.45, 2.75) is 52.4 Å². The quantitative estimate of drug-likeness (QED) is 0.470. The standard InChI is InChI=1S/C14H25NO2/c1-4-7-8-10-12(9-5-2)13(16)11-15-14(17)6-3/h6,12H,3-5,7-11H2,1-2H3,(H,15,17). The van der Waals surface area contributed by atoms with Crippen LogP contribution in [0.15, 0.2) is 12.7 Å². The van der Waals surface area contributed by atoms with Gasteiger partial charge in [-0.1, -0.05) is 46.1 Å². The van der Waals surface area contributed by atoms with Gasteiger partial charge in [0.2, 0.25) is 5.91 Å². The third kappa shape index (κ3) is 7.72. The Labute approximate surface area is 105 Å². The Kier molecular flexibility index (Phi) is 9.40. The monoisotopic (exact) mass is 239 g/mol. The first-order valence-corrected chi connectivity index (χ1v) is 6.58. The van der Waals surface area contributed by atoms with Crippen molar-refractivity contribution < 1.29 is 9.59 Å². The van der Waals surface area contributed by atoms with Gasteiger partial charge in [-0.05, 0) is 18.9 Å². The lowest BCUT2D eigenvalue weighted by atomic mass is 9.92. The molecule has 0 saturated heterocycles. The van der Waals surface area contributed by atoms with E-state index in [-0.39, 0.29) is 24.2 Å². The molecule has 3 nitrogen and oxygen atoms in total. The Hall–Kier alpha value is -1.12. The van der Waals surface area contributed by atoms with Gasteiger partial charge in [0.05, 0.1) is 6.54 Å². The van der Waals surface area contributed by atoms with Crippen LogP contribution in [0.25, 0.3) is 0 Å². The number of rotatable bonds is 10. The number of hydrogen-bond acceptors (Lipinski definition) is 2. The van der Waals surface area contributed by atoms with Crippen LogP contribution >= 0.6 is 0 Å². The summed E-state index contributed by atoms with van der Waals surface area (Å²) >= 11 is 0. The molecule has 0 aromatic carbocycles. The zero-order valence-corrected chi connectivity index (χ0v) is 11.1. The van der Waals surface area contributed by atoms with E-state index in [0.29, 0.717) is 0 Å². The minimum atomic E-state index is -0.276. The van der Waals surface area contributed by atoms with Gasteiger partial charge in [0.15, 0.2) is 5.78 Å². The normalized spacial score (nSPS) is 11.9. The lowest BCUT2D eigenvalue weighted by Crippen LogP contribution is -2.31. The van der Waals surface area contributed by atoms with Crippen LogP contribution in [0.4, 0.5) is 0 Å². The molecule has 0 aromatic rings. The van der Waals surface area contributed by atoms with Crippen LogP contribution in [0, 0.1) is 5.92 Å². The van der Waals surface area contributed by atoms with E-state index in [1.165, 1.54) is 18.9 Å². The molecule has 0 spiro atoms. The number of Topliss-reactive ketones (excluding diaryl/α,β-unsaturated/α-hetero) is 1. The molecule has 0 rings (SSSR count). The predicted molar refractivity (Wildman–Crippen MR) is 70.8 cm³/mol. The van der Waals surface area contributed by atoms with Gasteiger partial charge in [-0.15, -0.1) is 0 Å². The Bertz CT molecular complexity index is 249. The number of amides is 1. The maximum atomic E-state index is 11.9. The summed E-state index contributed by atoms with van der Waals surface area (Å²) in [7, 11) is 0. The van der Waals surface area contributed by atoms with E-state index >= 15 is 0 Å². The van der Waals surface area contributed by atoms with E-state index in [4.69, 9.17) is 0 Å². The second-order valence-corrected chi connectivity index (χ2v) is 4.37. The van der Waals surface area contributed by atoms with Crippen molar-refractivity contribution in [3.8, 4) is 0 Å². The topological polar surface area (TPSA) is 46.2 Å². The van der Waals surface area contributed by atoms with Gasteiger partial charge in [0.1, 0.15) is 0 Å². The third-order valence-electron chi connectivity index (χ3n) is 2.87. The fraction of sp³-hybridized carbons (Fsp3) is 0.714. The van der Waals surface area contributed by atoms with Crippen LogP contribution in [0.3, 0.4) is 0 Å². The second kappa shape index (κ2) is 10.1. The lowest BCUT2D eigenvalue weighted by molar-refractivity contribution is -0.125. The fourth-order valence-corrected chi connectivity index (χ4v) is 1.85. The number of hydrogen-bond donors (Lipinski definition) is 1. The molecule has 0 aliphatic rings. The first-order chi connectivity index (χ1) is 8.15. The minimum Gasteiger partial charge on any atom is -0.345 e. The van der Waals surface area contributed by atoms with Crippen molar-refractivity contribution in [3.05, 3.63) is 12.7 Å². The Morgan fingerprint density at radius 3 is 2.41 bits per heavy atom. The molecule has 0 aliphatic heterocycles. The molecule has 0 aliphatic carbocycles. The molecular formula is C14H25NO2. The summed E-state index contributed by atoms with van der Waals surface area (Å²) in [4.78, 5) is 22.9. The summed E-state index contributed by atoms with van der Waals surface area (Å²) in [5, 5.41) is 2.55. The van der Waals surface area contributed by atoms with Crippen LogP contribution < -0.4 is 5.32 Å². The maximum Gasteiger partial charge on any atom is 0.243 e. The molecule has 3 heteroatoms. The van der Waals surface area contributed by atoms with Crippen molar-refractivity contribution in [2.24, 2.45) is 5.92 Å². The smallest absolute Gasteiger partial charge is 0.243 e. The highest BCUT2D eigenvalue weighted by Crippen LogP contribution is 2.16. The van der Waals surface area contributed by atoms with Gasteiger partial charge in [-0.3, -0.25) is 9.59 Å². The fourth-order valence-electron chi connectivity index (χ4n) is 1.85. The van der Waals surface area contributed by atoms with Crippen LogP contribution in [0.2, 0.25) is 0 Å². The summed E-state index contributed by atoms with van der Waals surface area (Å²) < 4.78 is 0. The van der Waals surface area contributed by atoms with E-state index in [1.807, 2.05) is 0 Å². The number of unbranched alkanes of at least 4 members (excludes halogenated alkanes) is 2.